The van der Waals surface area contributed by atoms with Gasteiger partial charge in [0.15, 0.2) is 0 Å². The van der Waals surface area contributed by atoms with E-state index in [1.165, 1.54) is 0 Å². The lowest BCUT2D eigenvalue weighted by Crippen LogP contribution is -1.95. The topological polar surface area (TPSA) is 29.5 Å². The number of hydrogen-bond acceptors (Lipinski definition) is 3. The van der Waals surface area contributed by atoms with Gasteiger partial charge in [0.2, 0.25) is 0 Å². The SMILES string of the molecule is Cc1c(O)cccc1OCc1sccc1Br. The Balaban J connectivity index is 2.11. The smallest absolute Gasteiger partial charge is 0.126 e. The van der Waals surface area contributed by atoms with Crippen LogP contribution in [0.2, 0.25) is 0 Å². The summed E-state index contributed by atoms with van der Waals surface area (Å²) in [7, 11) is 0. The standard InChI is InChI=1S/C12H11BrO2S/c1-8-10(14)3-2-4-11(8)15-7-12-9(13)5-6-16-12/h2-6,14H,7H2,1H3. The number of rotatable bonds is 3. The van der Waals surface area contributed by atoms with Crippen molar-refractivity contribution in [2.24, 2.45) is 0 Å². The van der Waals surface area contributed by atoms with Crippen LogP contribution in [-0.4, -0.2) is 5.11 Å². The summed E-state index contributed by atoms with van der Waals surface area (Å²) in [5.74, 6) is 0.989. The van der Waals surface area contributed by atoms with Gasteiger partial charge in [-0.3, -0.25) is 0 Å². The molecule has 0 aliphatic rings. The Morgan fingerprint density at radius 2 is 2.19 bits per heavy atom. The van der Waals surface area contributed by atoms with Gasteiger partial charge in [-0.05, 0) is 46.4 Å². The summed E-state index contributed by atoms with van der Waals surface area (Å²) in [6.07, 6.45) is 0. The number of hydrogen-bond donors (Lipinski definition) is 1. The van der Waals surface area contributed by atoms with Crippen molar-refractivity contribution in [3.8, 4) is 11.5 Å². The first-order valence-electron chi connectivity index (χ1n) is 4.81. The molecule has 0 aliphatic carbocycles. The molecule has 0 bridgehead atoms. The largest absolute Gasteiger partial charge is 0.508 e. The lowest BCUT2D eigenvalue weighted by Gasteiger charge is -2.09. The summed E-state index contributed by atoms with van der Waals surface area (Å²) in [4.78, 5) is 1.14. The molecule has 1 N–H and O–H groups in total. The average molecular weight is 299 g/mol. The van der Waals surface area contributed by atoms with E-state index in [-0.39, 0.29) is 5.75 Å². The molecule has 1 aromatic carbocycles. The Morgan fingerprint density at radius 1 is 1.38 bits per heavy atom. The minimum absolute atomic E-state index is 0.266. The van der Waals surface area contributed by atoms with Crippen LogP contribution in [0, 0.1) is 6.92 Å². The Kier molecular flexibility index (Phi) is 3.51. The molecule has 0 aliphatic heterocycles. The lowest BCUT2D eigenvalue weighted by molar-refractivity contribution is 0.304. The Hall–Kier alpha value is -1.00. The molecule has 0 spiro atoms. The molecule has 0 amide bonds. The van der Waals surface area contributed by atoms with Gasteiger partial charge in [0, 0.05) is 10.0 Å². The first kappa shape index (κ1) is 11.5. The fourth-order valence-electron chi connectivity index (χ4n) is 1.33. The van der Waals surface area contributed by atoms with Crippen LogP contribution in [0.5, 0.6) is 11.5 Å². The van der Waals surface area contributed by atoms with Gasteiger partial charge in [-0.25, -0.2) is 0 Å². The number of aromatic hydroxyl groups is 1. The zero-order valence-corrected chi connectivity index (χ0v) is 11.1. The van der Waals surface area contributed by atoms with Crippen molar-refractivity contribution in [3.63, 3.8) is 0 Å². The maximum Gasteiger partial charge on any atom is 0.126 e. The van der Waals surface area contributed by atoms with Crippen LogP contribution in [-0.2, 0) is 6.61 Å². The van der Waals surface area contributed by atoms with Gasteiger partial charge in [-0.15, -0.1) is 11.3 Å². The number of thiophene rings is 1. The number of benzene rings is 1. The lowest BCUT2D eigenvalue weighted by atomic mass is 10.2. The Bertz CT molecular complexity index is 494. The normalized spacial score (nSPS) is 10.4. The van der Waals surface area contributed by atoms with Crippen LogP contribution in [0.3, 0.4) is 0 Å². The molecule has 0 unspecified atom stereocenters. The molecular formula is C12H11BrO2S. The van der Waals surface area contributed by atoms with Crippen LogP contribution in [0.15, 0.2) is 34.1 Å². The molecule has 0 atom stereocenters. The summed E-state index contributed by atoms with van der Waals surface area (Å²) < 4.78 is 6.73. The molecule has 2 aromatic rings. The van der Waals surface area contributed by atoms with E-state index in [0.29, 0.717) is 6.61 Å². The summed E-state index contributed by atoms with van der Waals surface area (Å²) in [5.41, 5.74) is 0.773. The van der Waals surface area contributed by atoms with Crippen molar-refractivity contribution < 1.29 is 9.84 Å². The molecule has 1 heterocycles. The zero-order chi connectivity index (χ0) is 11.5. The van der Waals surface area contributed by atoms with E-state index in [0.717, 1.165) is 20.7 Å². The molecule has 4 heteroatoms. The predicted molar refractivity (Wildman–Crippen MR) is 69.2 cm³/mol. The Morgan fingerprint density at radius 3 is 2.88 bits per heavy atom. The quantitative estimate of drug-likeness (QED) is 0.924. The minimum atomic E-state index is 0.266. The maximum absolute atomic E-state index is 9.53. The molecule has 84 valence electrons. The second kappa shape index (κ2) is 4.89. The average Bonchev–Trinajstić information content (AvgIpc) is 2.67. The van der Waals surface area contributed by atoms with Gasteiger partial charge >= 0.3 is 0 Å². The van der Waals surface area contributed by atoms with E-state index in [2.05, 4.69) is 15.9 Å². The highest BCUT2D eigenvalue weighted by atomic mass is 79.9. The van der Waals surface area contributed by atoms with Gasteiger partial charge in [0.1, 0.15) is 18.1 Å². The third-order valence-corrected chi connectivity index (χ3v) is 4.21. The fourth-order valence-corrected chi connectivity index (χ4v) is 2.71. The highest BCUT2D eigenvalue weighted by Crippen LogP contribution is 2.29. The van der Waals surface area contributed by atoms with Crippen LogP contribution < -0.4 is 4.74 Å². The third kappa shape index (κ3) is 2.39. The number of halogens is 1. The van der Waals surface area contributed by atoms with Gasteiger partial charge < -0.3 is 9.84 Å². The second-order valence-corrected chi connectivity index (χ2v) is 5.24. The molecule has 2 rings (SSSR count). The van der Waals surface area contributed by atoms with Crippen LogP contribution >= 0.6 is 27.3 Å². The van der Waals surface area contributed by atoms with E-state index in [4.69, 9.17) is 4.74 Å². The van der Waals surface area contributed by atoms with Gasteiger partial charge in [-0.1, -0.05) is 6.07 Å². The van der Waals surface area contributed by atoms with E-state index >= 15 is 0 Å². The summed E-state index contributed by atoms with van der Waals surface area (Å²) in [6, 6.07) is 7.29. The Labute approximate surface area is 107 Å². The number of ether oxygens (including phenoxy) is 1. The van der Waals surface area contributed by atoms with Crippen LogP contribution in [0.4, 0.5) is 0 Å². The highest BCUT2D eigenvalue weighted by Gasteiger charge is 2.06. The molecule has 0 saturated carbocycles. The maximum atomic E-state index is 9.53. The molecule has 1 aromatic heterocycles. The van der Waals surface area contributed by atoms with Crippen molar-refractivity contribution in [1.82, 2.24) is 0 Å². The second-order valence-electron chi connectivity index (χ2n) is 3.38. The van der Waals surface area contributed by atoms with E-state index in [9.17, 15) is 5.11 Å². The van der Waals surface area contributed by atoms with Gasteiger partial charge in [0.25, 0.3) is 0 Å². The third-order valence-electron chi connectivity index (χ3n) is 2.31. The van der Waals surface area contributed by atoms with Crippen LogP contribution in [0.25, 0.3) is 0 Å². The van der Waals surface area contributed by atoms with Crippen molar-refractivity contribution in [2.45, 2.75) is 13.5 Å². The van der Waals surface area contributed by atoms with Crippen molar-refractivity contribution >= 4 is 27.3 Å². The van der Waals surface area contributed by atoms with E-state index < -0.39 is 0 Å². The van der Waals surface area contributed by atoms with Gasteiger partial charge in [-0.2, -0.15) is 0 Å². The zero-order valence-electron chi connectivity index (χ0n) is 8.74. The van der Waals surface area contributed by atoms with E-state index in [1.807, 2.05) is 24.4 Å². The monoisotopic (exact) mass is 298 g/mol. The van der Waals surface area contributed by atoms with Crippen molar-refractivity contribution in [2.75, 3.05) is 0 Å². The fraction of sp³-hybridized carbons (Fsp3) is 0.167. The van der Waals surface area contributed by atoms with E-state index in [1.54, 1.807) is 23.5 Å². The molecule has 0 radical (unpaired) electrons. The highest BCUT2D eigenvalue weighted by molar-refractivity contribution is 9.10. The molecule has 2 nitrogen and oxygen atoms in total. The summed E-state index contributed by atoms with van der Waals surface area (Å²) in [5, 5.41) is 11.5. The first-order chi connectivity index (χ1) is 7.68. The molecule has 0 fully saturated rings. The summed E-state index contributed by atoms with van der Waals surface area (Å²) >= 11 is 5.10. The first-order valence-corrected chi connectivity index (χ1v) is 6.49. The van der Waals surface area contributed by atoms with Crippen molar-refractivity contribution in [3.05, 3.63) is 44.6 Å². The number of phenolic OH excluding ortho intramolecular Hbond substituents is 1. The van der Waals surface area contributed by atoms with Gasteiger partial charge in [0.05, 0.1) is 4.88 Å². The van der Waals surface area contributed by atoms with Crippen LogP contribution in [0.1, 0.15) is 10.4 Å². The summed E-state index contributed by atoms with van der Waals surface area (Å²) in [6.45, 7) is 2.36. The molecule has 0 saturated heterocycles. The minimum Gasteiger partial charge on any atom is -0.508 e. The number of phenols is 1. The molecule has 16 heavy (non-hydrogen) atoms. The van der Waals surface area contributed by atoms with Crippen molar-refractivity contribution in [1.29, 1.82) is 0 Å². The predicted octanol–water partition coefficient (Wildman–Crippen LogP) is 4.10. The molecular weight excluding hydrogens is 288 g/mol.